The molecule has 1 amide bonds. The first-order valence-corrected chi connectivity index (χ1v) is 12.4. The fraction of sp³-hybridized carbons (Fsp3) is 0.429. The van der Waals surface area contributed by atoms with Gasteiger partial charge in [-0.2, -0.15) is 0 Å². The number of nitrogens with one attached hydrogen (secondary N) is 1. The van der Waals surface area contributed by atoms with Gasteiger partial charge in [-0.15, -0.1) is 0 Å². The Morgan fingerprint density at radius 2 is 2.06 bits per heavy atom. The maximum Gasteiger partial charge on any atom is 0.231 e. The van der Waals surface area contributed by atoms with E-state index in [0.717, 1.165) is 59.1 Å². The summed E-state index contributed by atoms with van der Waals surface area (Å²) in [6, 6.07) is 16.3. The van der Waals surface area contributed by atoms with Gasteiger partial charge < -0.3 is 14.8 Å². The average Bonchev–Trinajstić information content (AvgIpc) is 3.35. The summed E-state index contributed by atoms with van der Waals surface area (Å²) < 4.78 is 10.9. The standard InChI is InChI=1S/C28H31N3O3/c1-2-19-16-31-12-10-20(19)15-24(31)28(22-9-11-29-23-6-4-3-5-21(22)23)30-27(32)14-18-7-8-25-26(13-18)34-17-33-25/h3-9,11,13,19-20,24,28H,2,10,12,14-17H2,1H3,(H,30,32)/t19-,20+,24+,28+/m0/s1. The van der Waals surface area contributed by atoms with Gasteiger partial charge in [0.05, 0.1) is 18.0 Å². The molecular formula is C28H31N3O3. The Balaban J connectivity index is 1.30. The van der Waals surface area contributed by atoms with Crippen LogP contribution in [0.5, 0.6) is 11.5 Å². The molecule has 1 N–H and O–H groups in total. The van der Waals surface area contributed by atoms with E-state index < -0.39 is 0 Å². The Morgan fingerprint density at radius 1 is 1.18 bits per heavy atom. The number of para-hydroxylation sites is 1. The van der Waals surface area contributed by atoms with Gasteiger partial charge >= 0.3 is 0 Å². The molecule has 0 radical (unpaired) electrons. The van der Waals surface area contributed by atoms with Crippen molar-refractivity contribution >= 4 is 16.8 Å². The minimum absolute atomic E-state index is 0.0273. The highest BCUT2D eigenvalue weighted by atomic mass is 16.7. The molecule has 34 heavy (non-hydrogen) atoms. The molecular weight excluding hydrogens is 426 g/mol. The SMILES string of the molecule is CC[C@H]1CN2CC[C@@H]1C[C@@H]2[C@H](NC(=O)Cc1ccc2c(c1)OCO2)c1ccnc2ccccc12. The van der Waals surface area contributed by atoms with Crippen molar-refractivity contribution in [3.05, 3.63) is 65.9 Å². The van der Waals surface area contributed by atoms with E-state index in [1.165, 1.54) is 12.8 Å². The van der Waals surface area contributed by atoms with Gasteiger partial charge in [-0.1, -0.05) is 37.6 Å². The van der Waals surface area contributed by atoms with Crippen LogP contribution in [0.25, 0.3) is 10.9 Å². The number of hydrogen-bond donors (Lipinski definition) is 1. The number of carbonyl (C=O) groups excluding carboxylic acids is 1. The molecule has 5 heterocycles. The molecule has 0 spiro atoms. The maximum atomic E-state index is 13.4. The van der Waals surface area contributed by atoms with Crippen LogP contribution in [0, 0.1) is 11.8 Å². The number of hydrogen-bond acceptors (Lipinski definition) is 5. The lowest BCUT2D eigenvalue weighted by Crippen LogP contribution is -2.57. The van der Waals surface area contributed by atoms with Crippen LogP contribution in [0.4, 0.5) is 0 Å². The monoisotopic (exact) mass is 457 g/mol. The van der Waals surface area contributed by atoms with Gasteiger partial charge in [-0.25, -0.2) is 0 Å². The lowest BCUT2D eigenvalue weighted by molar-refractivity contribution is -0.122. The van der Waals surface area contributed by atoms with Crippen molar-refractivity contribution in [3.8, 4) is 11.5 Å². The van der Waals surface area contributed by atoms with E-state index in [4.69, 9.17) is 9.47 Å². The molecule has 0 aliphatic carbocycles. The molecule has 7 rings (SSSR count). The topological polar surface area (TPSA) is 63.7 Å². The summed E-state index contributed by atoms with van der Waals surface area (Å²) in [5.41, 5.74) is 3.06. The lowest BCUT2D eigenvalue weighted by Gasteiger charge is -2.52. The second kappa shape index (κ2) is 8.91. The van der Waals surface area contributed by atoms with Crippen LogP contribution in [0.3, 0.4) is 0 Å². The first-order valence-electron chi connectivity index (χ1n) is 12.4. The van der Waals surface area contributed by atoms with Crippen molar-refractivity contribution in [3.63, 3.8) is 0 Å². The summed E-state index contributed by atoms with van der Waals surface area (Å²) in [5.74, 6) is 2.98. The molecule has 3 saturated heterocycles. The quantitative estimate of drug-likeness (QED) is 0.591. The molecule has 3 aromatic rings. The molecule has 1 aromatic heterocycles. The summed E-state index contributed by atoms with van der Waals surface area (Å²) in [7, 11) is 0. The van der Waals surface area contributed by atoms with E-state index in [1.807, 2.05) is 36.5 Å². The van der Waals surface area contributed by atoms with Crippen LogP contribution >= 0.6 is 0 Å². The minimum atomic E-state index is -0.0741. The van der Waals surface area contributed by atoms with Crippen molar-refractivity contribution in [2.45, 2.75) is 44.7 Å². The number of carbonyl (C=O) groups is 1. The van der Waals surface area contributed by atoms with E-state index in [2.05, 4.69) is 40.3 Å². The van der Waals surface area contributed by atoms with E-state index in [9.17, 15) is 4.79 Å². The molecule has 2 bridgehead atoms. The third-order valence-corrected chi connectivity index (χ3v) is 7.98. The van der Waals surface area contributed by atoms with Crippen LogP contribution in [0.2, 0.25) is 0 Å². The number of piperidine rings is 3. The van der Waals surface area contributed by atoms with E-state index in [0.29, 0.717) is 18.2 Å². The Labute approximate surface area is 200 Å². The fourth-order valence-corrected chi connectivity index (χ4v) is 6.22. The number of nitrogens with zero attached hydrogens (tertiary/aromatic N) is 2. The average molecular weight is 458 g/mol. The summed E-state index contributed by atoms with van der Waals surface area (Å²) in [4.78, 5) is 20.6. The molecule has 176 valence electrons. The molecule has 4 aliphatic heterocycles. The van der Waals surface area contributed by atoms with E-state index in [-0.39, 0.29) is 18.7 Å². The highest BCUT2D eigenvalue weighted by Gasteiger charge is 2.43. The first-order chi connectivity index (χ1) is 16.7. The summed E-state index contributed by atoms with van der Waals surface area (Å²) in [5, 5.41) is 4.57. The predicted octanol–water partition coefficient (Wildman–Crippen LogP) is 4.48. The Bertz CT molecular complexity index is 1210. The zero-order valence-corrected chi connectivity index (χ0v) is 19.6. The van der Waals surface area contributed by atoms with Gasteiger partial charge in [0, 0.05) is 24.2 Å². The molecule has 2 aromatic carbocycles. The summed E-state index contributed by atoms with van der Waals surface area (Å²) in [6.07, 6.45) is 5.81. The normalized spacial score (nSPS) is 25.9. The zero-order chi connectivity index (χ0) is 23.1. The highest BCUT2D eigenvalue weighted by Crippen LogP contribution is 2.42. The number of benzene rings is 2. The van der Waals surface area contributed by atoms with Crippen molar-refractivity contribution < 1.29 is 14.3 Å². The van der Waals surface area contributed by atoms with Gasteiger partial charge in [0.2, 0.25) is 12.7 Å². The minimum Gasteiger partial charge on any atom is -0.454 e. The molecule has 1 unspecified atom stereocenters. The van der Waals surface area contributed by atoms with E-state index >= 15 is 0 Å². The van der Waals surface area contributed by atoms with E-state index in [1.54, 1.807) is 0 Å². The molecule has 5 atom stereocenters. The van der Waals surface area contributed by atoms with Crippen molar-refractivity contribution in [1.82, 2.24) is 15.2 Å². The first kappa shape index (κ1) is 21.4. The predicted molar refractivity (Wildman–Crippen MR) is 131 cm³/mol. The number of fused-ring (bicyclic) bond motifs is 5. The van der Waals surface area contributed by atoms with Crippen LogP contribution in [0.1, 0.15) is 43.4 Å². The largest absolute Gasteiger partial charge is 0.454 e. The zero-order valence-electron chi connectivity index (χ0n) is 19.6. The van der Waals surface area contributed by atoms with Gasteiger partial charge in [-0.3, -0.25) is 14.7 Å². The van der Waals surface area contributed by atoms with Gasteiger partial charge in [0.15, 0.2) is 11.5 Å². The van der Waals surface area contributed by atoms with Crippen molar-refractivity contribution in [1.29, 1.82) is 0 Å². The molecule has 3 fully saturated rings. The highest BCUT2D eigenvalue weighted by molar-refractivity contribution is 5.84. The van der Waals surface area contributed by atoms with Gasteiger partial charge in [-0.05, 0) is 66.6 Å². The van der Waals surface area contributed by atoms with Crippen LogP contribution < -0.4 is 14.8 Å². The second-order valence-corrected chi connectivity index (χ2v) is 9.84. The lowest BCUT2D eigenvalue weighted by atomic mass is 9.72. The van der Waals surface area contributed by atoms with Crippen LogP contribution in [-0.4, -0.2) is 41.7 Å². The number of rotatable bonds is 6. The van der Waals surface area contributed by atoms with Crippen molar-refractivity contribution in [2.75, 3.05) is 19.9 Å². The smallest absolute Gasteiger partial charge is 0.231 e. The summed E-state index contributed by atoms with van der Waals surface area (Å²) in [6.45, 7) is 4.79. The van der Waals surface area contributed by atoms with Crippen molar-refractivity contribution in [2.24, 2.45) is 11.8 Å². The Morgan fingerprint density at radius 3 is 2.91 bits per heavy atom. The molecule has 6 nitrogen and oxygen atoms in total. The van der Waals surface area contributed by atoms with Crippen LogP contribution in [-0.2, 0) is 11.2 Å². The Hall–Kier alpha value is -3.12. The van der Waals surface area contributed by atoms with Crippen LogP contribution in [0.15, 0.2) is 54.7 Å². The van der Waals surface area contributed by atoms with Gasteiger partial charge in [0.1, 0.15) is 0 Å². The number of aromatic nitrogens is 1. The fourth-order valence-electron chi connectivity index (χ4n) is 6.22. The number of ether oxygens (including phenoxy) is 2. The van der Waals surface area contributed by atoms with Gasteiger partial charge in [0.25, 0.3) is 0 Å². The maximum absolute atomic E-state index is 13.4. The number of pyridine rings is 1. The molecule has 6 heteroatoms. The number of amides is 1. The molecule has 0 saturated carbocycles. The molecule has 4 aliphatic rings. The Kier molecular flexibility index (Phi) is 5.61. The second-order valence-electron chi connectivity index (χ2n) is 9.84. The summed E-state index contributed by atoms with van der Waals surface area (Å²) >= 11 is 0. The third-order valence-electron chi connectivity index (χ3n) is 7.98. The third kappa shape index (κ3) is 3.90.